The summed E-state index contributed by atoms with van der Waals surface area (Å²) in [5.41, 5.74) is 1.71. The summed E-state index contributed by atoms with van der Waals surface area (Å²) in [6.45, 7) is 1.21. The molecule has 1 nitrogen and oxygen atoms in total. The molecule has 14 heavy (non-hydrogen) atoms. The van der Waals surface area contributed by atoms with Crippen LogP contribution in [0.3, 0.4) is 0 Å². The maximum absolute atomic E-state index is 3.63. The zero-order valence-electron chi connectivity index (χ0n) is 8.93. The van der Waals surface area contributed by atoms with E-state index in [-0.39, 0.29) is 0 Å². The van der Waals surface area contributed by atoms with E-state index in [1.165, 1.54) is 56.6 Å². The van der Waals surface area contributed by atoms with Crippen LogP contribution in [0.2, 0.25) is 0 Å². The molecule has 1 saturated heterocycles. The van der Waals surface area contributed by atoms with Crippen molar-refractivity contribution >= 4 is 11.8 Å². The first kappa shape index (κ1) is 10.6. The van der Waals surface area contributed by atoms with Crippen molar-refractivity contribution in [3.8, 4) is 0 Å². The summed E-state index contributed by atoms with van der Waals surface area (Å²) in [7, 11) is 0. The Morgan fingerprint density at radius 2 is 2.21 bits per heavy atom. The predicted octanol–water partition coefficient (Wildman–Crippen LogP) is 2.97. The highest BCUT2D eigenvalue weighted by Crippen LogP contribution is 2.20. The smallest absolute Gasteiger partial charge is 0.0248 e. The Hall–Kier alpha value is 0.0500. The van der Waals surface area contributed by atoms with Crippen LogP contribution in [0.25, 0.3) is 0 Å². The highest BCUT2D eigenvalue weighted by molar-refractivity contribution is 8.00. The second kappa shape index (κ2) is 5.82. The van der Waals surface area contributed by atoms with Crippen molar-refractivity contribution in [2.75, 3.05) is 18.1 Å². The molecule has 2 heteroatoms. The Bertz CT molecular complexity index is 196. The van der Waals surface area contributed by atoms with Crippen molar-refractivity contribution < 1.29 is 0 Å². The minimum Gasteiger partial charge on any atom is -0.312 e. The van der Waals surface area contributed by atoms with E-state index in [2.05, 4.69) is 23.2 Å². The van der Waals surface area contributed by atoms with E-state index >= 15 is 0 Å². The topological polar surface area (TPSA) is 12.0 Å². The van der Waals surface area contributed by atoms with E-state index in [0.717, 1.165) is 6.04 Å². The second-order valence-corrected chi connectivity index (χ2v) is 5.48. The van der Waals surface area contributed by atoms with Crippen molar-refractivity contribution in [3.63, 3.8) is 0 Å². The van der Waals surface area contributed by atoms with E-state index in [0.29, 0.717) is 0 Å². The van der Waals surface area contributed by atoms with Crippen LogP contribution in [0.4, 0.5) is 0 Å². The Morgan fingerprint density at radius 3 is 3.00 bits per heavy atom. The van der Waals surface area contributed by atoms with Crippen LogP contribution in [0.1, 0.15) is 38.5 Å². The largest absolute Gasteiger partial charge is 0.312 e. The number of nitrogens with one attached hydrogen (secondary N) is 1. The monoisotopic (exact) mass is 211 g/mol. The maximum Gasteiger partial charge on any atom is 0.0248 e. The summed E-state index contributed by atoms with van der Waals surface area (Å²) >= 11 is 2.06. The van der Waals surface area contributed by atoms with Gasteiger partial charge in [-0.3, -0.25) is 0 Å². The Balaban J connectivity index is 1.60. The van der Waals surface area contributed by atoms with E-state index in [9.17, 15) is 0 Å². The molecule has 1 aliphatic heterocycles. The lowest BCUT2D eigenvalue weighted by Gasteiger charge is -2.26. The van der Waals surface area contributed by atoms with Gasteiger partial charge < -0.3 is 5.32 Å². The number of rotatable bonds is 4. The van der Waals surface area contributed by atoms with Crippen molar-refractivity contribution in [2.24, 2.45) is 0 Å². The fraction of sp³-hybridized carbons (Fsp3) is 0.833. The fourth-order valence-corrected chi connectivity index (χ4v) is 2.81. The van der Waals surface area contributed by atoms with Gasteiger partial charge in [-0.2, -0.15) is 11.8 Å². The molecule has 0 bridgehead atoms. The molecule has 1 aliphatic carbocycles. The first-order valence-electron chi connectivity index (χ1n) is 5.94. The molecule has 0 aromatic carbocycles. The van der Waals surface area contributed by atoms with Crippen LogP contribution >= 0.6 is 11.8 Å². The minimum absolute atomic E-state index is 0.825. The van der Waals surface area contributed by atoms with E-state index in [1.807, 2.05) is 0 Å². The average molecular weight is 211 g/mol. The molecule has 1 heterocycles. The lowest BCUT2D eigenvalue weighted by atomic mass is 10.1. The third-order valence-corrected chi connectivity index (χ3v) is 4.43. The Labute approximate surface area is 91.7 Å². The van der Waals surface area contributed by atoms with Gasteiger partial charge in [0.2, 0.25) is 0 Å². The number of hydrogen-bond donors (Lipinski definition) is 1. The molecule has 0 atom stereocenters. The third kappa shape index (κ3) is 3.32. The predicted molar refractivity (Wildman–Crippen MR) is 64.9 cm³/mol. The van der Waals surface area contributed by atoms with Crippen molar-refractivity contribution in [3.05, 3.63) is 11.6 Å². The zero-order valence-corrected chi connectivity index (χ0v) is 9.74. The molecule has 0 unspecified atom stereocenters. The lowest BCUT2D eigenvalue weighted by molar-refractivity contribution is 0.577. The average Bonchev–Trinajstić information content (AvgIpc) is 2.37. The lowest BCUT2D eigenvalue weighted by Crippen LogP contribution is -2.40. The molecule has 1 N–H and O–H groups in total. The van der Waals surface area contributed by atoms with Gasteiger partial charge in [-0.1, -0.05) is 18.1 Å². The molecular weight excluding hydrogens is 190 g/mol. The number of thioether (sulfide) groups is 1. The molecule has 1 fully saturated rings. The first-order valence-corrected chi connectivity index (χ1v) is 7.09. The summed E-state index contributed by atoms with van der Waals surface area (Å²) in [6, 6.07) is 0.825. The molecule has 0 aromatic heterocycles. The van der Waals surface area contributed by atoms with Gasteiger partial charge in [-0.15, -0.1) is 0 Å². The van der Waals surface area contributed by atoms with Gasteiger partial charge in [0.1, 0.15) is 0 Å². The number of hydrogen-bond acceptors (Lipinski definition) is 2. The van der Waals surface area contributed by atoms with Gasteiger partial charge in [-0.05, 0) is 38.6 Å². The summed E-state index contributed by atoms with van der Waals surface area (Å²) in [5, 5.41) is 3.63. The molecule has 2 rings (SSSR count). The van der Waals surface area contributed by atoms with Gasteiger partial charge in [-0.25, -0.2) is 0 Å². The molecular formula is C12H21NS. The van der Waals surface area contributed by atoms with Crippen LogP contribution in [0.15, 0.2) is 11.6 Å². The minimum atomic E-state index is 0.825. The molecule has 2 aliphatic rings. The first-order chi connectivity index (χ1) is 6.95. The van der Waals surface area contributed by atoms with Crippen LogP contribution in [-0.2, 0) is 0 Å². The zero-order chi connectivity index (χ0) is 9.64. The van der Waals surface area contributed by atoms with Gasteiger partial charge in [0.15, 0.2) is 0 Å². The summed E-state index contributed by atoms with van der Waals surface area (Å²) in [5.74, 6) is 2.66. The molecule has 0 aromatic rings. The number of allylic oxidation sites excluding steroid dienone is 1. The quantitative estimate of drug-likeness (QED) is 0.718. The summed E-state index contributed by atoms with van der Waals surface area (Å²) in [6.07, 6.45) is 10.7. The molecule has 0 radical (unpaired) electrons. The third-order valence-electron chi connectivity index (χ3n) is 3.15. The van der Waals surface area contributed by atoms with E-state index < -0.39 is 0 Å². The Morgan fingerprint density at radius 1 is 1.29 bits per heavy atom. The van der Waals surface area contributed by atoms with Gasteiger partial charge in [0.05, 0.1) is 0 Å². The molecule has 0 amide bonds. The van der Waals surface area contributed by atoms with Gasteiger partial charge in [0.25, 0.3) is 0 Å². The maximum atomic E-state index is 3.63. The van der Waals surface area contributed by atoms with Crippen molar-refractivity contribution in [1.29, 1.82) is 0 Å². The SMILES string of the molecule is C1=C(CCNC2CSC2)CCCCC1. The fourth-order valence-electron chi connectivity index (χ4n) is 2.10. The van der Waals surface area contributed by atoms with Crippen LogP contribution < -0.4 is 5.32 Å². The van der Waals surface area contributed by atoms with Gasteiger partial charge >= 0.3 is 0 Å². The van der Waals surface area contributed by atoms with E-state index in [4.69, 9.17) is 0 Å². The van der Waals surface area contributed by atoms with Crippen LogP contribution in [0.5, 0.6) is 0 Å². The summed E-state index contributed by atoms with van der Waals surface area (Å²) < 4.78 is 0. The highest BCUT2D eigenvalue weighted by atomic mass is 32.2. The van der Waals surface area contributed by atoms with Crippen LogP contribution in [-0.4, -0.2) is 24.1 Å². The van der Waals surface area contributed by atoms with Crippen LogP contribution in [0, 0.1) is 0 Å². The van der Waals surface area contributed by atoms with Crippen molar-refractivity contribution in [1.82, 2.24) is 5.32 Å². The highest BCUT2D eigenvalue weighted by Gasteiger charge is 2.16. The normalized spacial score (nSPS) is 23.9. The van der Waals surface area contributed by atoms with Crippen molar-refractivity contribution in [2.45, 2.75) is 44.6 Å². The van der Waals surface area contributed by atoms with Gasteiger partial charge in [0, 0.05) is 17.5 Å². The molecule has 80 valence electrons. The molecule has 0 spiro atoms. The standard InChI is InChI=1S/C12H21NS/c1-2-4-6-11(5-3-1)7-8-13-12-9-14-10-12/h5,12-13H,1-4,6-10H2. The molecule has 0 saturated carbocycles. The Kier molecular flexibility index (Phi) is 4.39. The second-order valence-electron chi connectivity index (χ2n) is 4.40. The van der Waals surface area contributed by atoms with E-state index in [1.54, 1.807) is 5.57 Å². The summed E-state index contributed by atoms with van der Waals surface area (Å²) in [4.78, 5) is 0.